The number of hydrogen-bond donors (Lipinski definition) is 0. The van der Waals surface area contributed by atoms with Crippen LogP contribution in [0.15, 0.2) is 83.3 Å². The lowest BCUT2D eigenvalue weighted by Crippen LogP contribution is -2.39. The van der Waals surface area contributed by atoms with Crippen molar-refractivity contribution in [2.75, 3.05) is 18.5 Å². The fourth-order valence-corrected chi connectivity index (χ4v) is 6.55. The normalized spacial score (nSPS) is 28.7. The van der Waals surface area contributed by atoms with Gasteiger partial charge in [0.05, 0.1) is 0 Å². The molecular weight excluding hydrogens is 406 g/mol. The van der Waals surface area contributed by atoms with Crippen LogP contribution in [0.3, 0.4) is 0 Å². The Morgan fingerprint density at radius 2 is 1.54 bits per heavy atom. The van der Waals surface area contributed by atoms with E-state index in [4.69, 9.17) is 0 Å². The Morgan fingerprint density at radius 1 is 0.893 bits per heavy atom. The summed E-state index contributed by atoms with van der Waals surface area (Å²) >= 11 is 3.76. The Balaban J connectivity index is 1.78. The molecule has 2 heteroatoms. The smallest absolute Gasteiger partial charge is 0.0404 e. The molecule has 5 rings (SSSR count). The lowest BCUT2D eigenvalue weighted by atomic mass is 9.64. The molecular formula is C26H26BrN. The zero-order valence-corrected chi connectivity index (χ0v) is 18.1. The molecule has 0 aromatic heterocycles. The predicted octanol–water partition coefficient (Wildman–Crippen LogP) is 6.74. The number of nitrogens with zero attached hydrogens (tertiary/aromatic N) is 1. The molecule has 4 atom stereocenters. The van der Waals surface area contributed by atoms with Crippen molar-refractivity contribution in [3.63, 3.8) is 0 Å². The standard InChI is InChI=1S/C26H26BrN/c1-18-15-22(19-9-5-3-6-10-19)26(25(18)20-11-7-4-8-12-20)17-28(2)24-14-13-21(27)16-23(24)26/h3-14,16,18,22,25H,15,17H2,1-2H3. The van der Waals surface area contributed by atoms with E-state index in [2.05, 4.69) is 114 Å². The van der Waals surface area contributed by atoms with Crippen LogP contribution < -0.4 is 4.90 Å². The lowest BCUT2D eigenvalue weighted by molar-refractivity contribution is 0.356. The van der Waals surface area contributed by atoms with Gasteiger partial charge in [0.2, 0.25) is 0 Å². The van der Waals surface area contributed by atoms with Crippen molar-refractivity contribution < 1.29 is 0 Å². The maximum absolute atomic E-state index is 3.76. The first-order chi connectivity index (χ1) is 13.6. The van der Waals surface area contributed by atoms with Gasteiger partial charge in [0.15, 0.2) is 0 Å². The fourth-order valence-electron chi connectivity index (χ4n) is 6.19. The highest BCUT2D eigenvalue weighted by atomic mass is 79.9. The summed E-state index contributed by atoms with van der Waals surface area (Å²) in [7, 11) is 2.26. The molecule has 0 radical (unpaired) electrons. The van der Waals surface area contributed by atoms with Crippen molar-refractivity contribution >= 4 is 21.6 Å². The van der Waals surface area contributed by atoms with Gasteiger partial charge in [-0.2, -0.15) is 0 Å². The third kappa shape index (κ3) is 2.58. The summed E-state index contributed by atoms with van der Waals surface area (Å²) in [5.74, 6) is 1.66. The molecule has 0 N–H and O–H groups in total. The molecule has 1 heterocycles. The monoisotopic (exact) mass is 431 g/mol. The van der Waals surface area contributed by atoms with Crippen LogP contribution in [0.1, 0.15) is 41.9 Å². The molecule has 2 aliphatic rings. The van der Waals surface area contributed by atoms with Crippen LogP contribution in [-0.4, -0.2) is 13.6 Å². The van der Waals surface area contributed by atoms with E-state index in [1.807, 2.05) is 0 Å². The number of benzene rings is 3. The molecule has 1 saturated carbocycles. The molecule has 1 aliphatic heterocycles. The average Bonchev–Trinajstić information content (AvgIpc) is 3.17. The van der Waals surface area contributed by atoms with Gasteiger partial charge < -0.3 is 4.90 Å². The van der Waals surface area contributed by atoms with Gasteiger partial charge in [-0.15, -0.1) is 0 Å². The maximum Gasteiger partial charge on any atom is 0.0404 e. The maximum atomic E-state index is 3.76. The molecule has 142 valence electrons. The van der Waals surface area contributed by atoms with Crippen molar-refractivity contribution in [2.24, 2.45) is 5.92 Å². The minimum atomic E-state index is 0.0932. The minimum Gasteiger partial charge on any atom is -0.373 e. The summed E-state index contributed by atoms with van der Waals surface area (Å²) in [6.45, 7) is 3.53. The molecule has 0 bridgehead atoms. The van der Waals surface area contributed by atoms with Gasteiger partial charge in [-0.1, -0.05) is 83.5 Å². The summed E-state index contributed by atoms with van der Waals surface area (Å²) in [5.41, 5.74) is 5.95. The molecule has 3 aromatic carbocycles. The first kappa shape index (κ1) is 18.0. The van der Waals surface area contributed by atoms with Crippen LogP contribution in [-0.2, 0) is 5.41 Å². The molecule has 1 spiro atoms. The van der Waals surface area contributed by atoms with Crippen molar-refractivity contribution in [1.82, 2.24) is 0 Å². The van der Waals surface area contributed by atoms with E-state index in [1.165, 1.54) is 33.3 Å². The molecule has 3 aromatic rings. The highest BCUT2D eigenvalue weighted by Gasteiger charge is 2.59. The van der Waals surface area contributed by atoms with Gasteiger partial charge in [-0.3, -0.25) is 0 Å². The summed E-state index contributed by atoms with van der Waals surface area (Å²) in [5, 5.41) is 0. The number of anilines is 1. The Morgan fingerprint density at radius 3 is 2.21 bits per heavy atom. The zero-order valence-electron chi connectivity index (χ0n) is 16.5. The molecule has 1 fully saturated rings. The van der Waals surface area contributed by atoms with Crippen LogP contribution >= 0.6 is 15.9 Å². The highest BCUT2D eigenvalue weighted by molar-refractivity contribution is 9.10. The van der Waals surface area contributed by atoms with E-state index in [1.54, 1.807) is 0 Å². The van der Waals surface area contributed by atoms with Gasteiger partial charge in [-0.05, 0) is 59.1 Å². The number of hydrogen-bond acceptors (Lipinski definition) is 1. The van der Waals surface area contributed by atoms with Crippen molar-refractivity contribution in [2.45, 2.75) is 30.6 Å². The van der Waals surface area contributed by atoms with Crippen molar-refractivity contribution in [3.05, 3.63) is 100 Å². The highest BCUT2D eigenvalue weighted by Crippen LogP contribution is 2.65. The summed E-state index contributed by atoms with van der Waals surface area (Å²) in [4.78, 5) is 2.48. The van der Waals surface area contributed by atoms with Crippen LogP contribution in [0, 0.1) is 5.92 Å². The Labute approximate surface area is 176 Å². The number of likely N-dealkylation sites (N-methyl/N-ethyl adjacent to an activating group) is 1. The quantitative estimate of drug-likeness (QED) is 0.433. The first-order valence-corrected chi connectivity index (χ1v) is 11.0. The van der Waals surface area contributed by atoms with Gasteiger partial charge in [0.25, 0.3) is 0 Å². The molecule has 1 nitrogen and oxygen atoms in total. The number of fused-ring (bicyclic) bond motifs is 2. The molecule has 1 aliphatic carbocycles. The first-order valence-electron chi connectivity index (χ1n) is 10.2. The van der Waals surface area contributed by atoms with Gasteiger partial charge in [0, 0.05) is 29.2 Å². The van der Waals surface area contributed by atoms with E-state index in [0.29, 0.717) is 17.8 Å². The second kappa shape index (κ2) is 6.77. The van der Waals surface area contributed by atoms with Crippen molar-refractivity contribution in [3.8, 4) is 0 Å². The van der Waals surface area contributed by atoms with E-state index in [-0.39, 0.29) is 5.41 Å². The fraction of sp³-hybridized carbons (Fsp3) is 0.308. The van der Waals surface area contributed by atoms with E-state index < -0.39 is 0 Å². The van der Waals surface area contributed by atoms with Crippen LogP contribution in [0.5, 0.6) is 0 Å². The van der Waals surface area contributed by atoms with Crippen LogP contribution in [0.4, 0.5) is 5.69 Å². The van der Waals surface area contributed by atoms with Gasteiger partial charge >= 0.3 is 0 Å². The molecule has 0 saturated heterocycles. The van der Waals surface area contributed by atoms with Gasteiger partial charge in [-0.25, -0.2) is 0 Å². The van der Waals surface area contributed by atoms with Crippen LogP contribution in [0.2, 0.25) is 0 Å². The minimum absolute atomic E-state index is 0.0932. The number of halogens is 1. The topological polar surface area (TPSA) is 3.24 Å². The predicted molar refractivity (Wildman–Crippen MR) is 121 cm³/mol. The van der Waals surface area contributed by atoms with Crippen molar-refractivity contribution in [1.29, 1.82) is 0 Å². The number of rotatable bonds is 2. The van der Waals surface area contributed by atoms with Crippen LogP contribution in [0.25, 0.3) is 0 Å². The van der Waals surface area contributed by atoms with E-state index in [0.717, 1.165) is 6.54 Å². The summed E-state index contributed by atoms with van der Waals surface area (Å²) < 4.78 is 1.18. The Kier molecular flexibility index (Phi) is 4.35. The molecule has 0 amide bonds. The zero-order chi connectivity index (χ0) is 19.3. The third-order valence-electron chi connectivity index (χ3n) is 7.08. The lowest BCUT2D eigenvalue weighted by Gasteiger charge is -2.39. The largest absolute Gasteiger partial charge is 0.373 e. The second-order valence-corrected chi connectivity index (χ2v) is 9.54. The summed E-state index contributed by atoms with van der Waals surface area (Å²) in [6.07, 6.45) is 1.23. The van der Waals surface area contributed by atoms with E-state index >= 15 is 0 Å². The molecule has 4 unspecified atom stereocenters. The van der Waals surface area contributed by atoms with E-state index in [9.17, 15) is 0 Å². The Hall–Kier alpha value is -2.06. The SMILES string of the molecule is CC1CC(c2ccccc2)C2(CN(C)c3ccc(Br)cc32)C1c1ccccc1. The average molecular weight is 432 g/mol. The third-order valence-corrected chi connectivity index (χ3v) is 7.58. The van der Waals surface area contributed by atoms with Gasteiger partial charge in [0.1, 0.15) is 0 Å². The summed E-state index contributed by atoms with van der Waals surface area (Å²) in [6, 6.07) is 29.3. The Bertz CT molecular complexity index is 984. The second-order valence-electron chi connectivity index (χ2n) is 8.62. The molecule has 28 heavy (non-hydrogen) atoms.